The lowest BCUT2D eigenvalue weighted by Crippen LogP contribution is -2.23. The summed E-state index contributed by atoms with van der Waals surface area (Å²) < 4.78 is 5.57. The molecule has 0 fully saturated rings. The van der Waals surface area contributed by atoms with Crippen molar-refractivity contribution in [2.24, 2.45) is 10.8 Å². The number of nitriles is 1. The zero-order valence-electron chi connectivity index (χ0n) is 9.83. The van der Waals surface area contributed by atoms with Crippen molar-refractivity contribution in [3.05, 3.63) is 47.7 Å². The highest BCUT2D eigenvalue weighted by molar-refractivity contribution is 7.80. The molecule has 6 heteroatoms. The van der Waals surface area contributed by atoms with E-state index in [-0.39, 0.29) is 5.11 Å². The van der Waals surface area contributed by atoms with Gasteiger partial charge >= 0.3 is 0 Å². The quantitative estimate of drug-likeness (QED) is 0.506. The minimum atomic E-state index is 0.0927. The Bertz CT molecular complexity index is 652. The number of hydrogen-bond donors (Lipinski definition) is 2. The molecule has 2 rings (SSSR count). The minimum absolute atomic E-state index is 0.0927. The Morgan fingerprint density at radius 1 is 1.32 bits per heavy atom. The smallest absolute Gasteiger partial charge is 0.184 e. The van der Waals surface area contributed by atoms with Crippen LogP contribution < -0.4 is 11.2 Å². The molecule has 0 aliphatic heterocycles. The van der Waals surface area contributed by atoms with E-state index in [0.717, 1.165) is 5.56 Å². The number of furan rings is 1. The highest BCUT2D eigenvalue weighted by atomic mass is 32.1. The van der Waals surface area contributed by atoms with E-state index in [0.29, 0.717) is 17.1 Å². The molecule has 0 saturated carbocycles. The summed E-state index contributed by atoms with van der Waals surface area (Å²) in [6, 6.07) is 12.8. The predicted molar refractivity (Wildman–Crippen MR) is 76.4 cm³/mol. The van der Waals surface area contributed by atoms with Crippen molar-refractivity contribution in [1.82, 2.24) is 5.43 Å². The van der Waals surface area contributed by atoms with Gasteiger partial charge in [-0.25, -0.2) is 0 Å². The molecule has 1 aromatic heterocycles. The SMILES string of the molecule is N#Cc1ccc(-c2ccc(/C=N/NC(N)=S)o2)cc1. The normalized spacial score (nSPS) is 10.3. The summed E-state index contributed by atoms with van der Waals surface area (Å²) in [7, 11) is 0. The van der Waals surface area contributed by atoms with Gasteiger partial charge in [0.05, 0.1) is 17.8 Å². The van der Waals surface area contributed by atoms with Crippen LogP contribution in [0.3, 0.4) is 0 Å². The summed E-state index contributed by atoms with van der Waals surface area (Å²) in [6.07, 6.45) is 1.48. The van der Waals surface area contributed by atoms with E-state index >= 15 is 0 Å². The Hall–Kier alpha value is -2.65. The lowest BCUT2D eigenvalue weighted by molar-refractivity contribution is 0.574. The first-order valence-corrected chi connectivity index (χ1v) is 5.79. The molecule has 1 heterocycles. The molecule has 0 unspecified atom stereocenters. The van der Waals surface area contributed by atoms with Crippen LogP contribution in [0.15, 0.2) is 45.9 Å². The monoisotopic (exact) mass is 270 g/mol. The van der Waals surface area contributed by atoms with Gasteiger partial charge in [0.2, 0.25) is 0 Å². The van der Waals surface area contributed by atoms with Gasteiger partial charge in [-0.3, -0.25) is 5.43 Å². The Kier molecular flexibility index (Phi) is 3.90. The molecule has 0 amide bonds. The Balaban J connectivity index is 2.14. The first kappa shape index (κ1) is 12.8. The van der Waals surface area contributed by atoms with Crippen molar-refractivity contribution in [3.63, 3.8) is 0 Å². The van der Waals surface area contributed by atoms with Crippen molar-refractivity contribution in [3.8, 4) is 17.4 Å². The van der Waals surface area contributed by atoms with Gasteiger partial charge in [-0.05, 0) is 48.6 Å². The highest BCUT2D eigenvalue weighted by Crippen LogP contribution is 2.21. The molecule has 5 nitrogen and oxygen atoms in total. The average molecular weight is 270 g/mol. The van der Waals surface area contributed by atoms with Crippen LogP contribution in [-0.2, 0) is 0 Å². The molecule has 3 N–H and O–H groups in total. The van der Waals surface area contributed by atoms with Crippen LogP contribution in [0.5, 0.6) is 0 Å². The number of nitrogens with zero attached hydrogens (tertiary/aromatic N) is 2. The van der Waals surface area contributed by atoms with Crippen LogP contribution in [0.4, 0.5) is 0 Å². The lowest BCUT2D eigenvalue weighted by atomic mass is 10.1. The van der Waals surface area contributed by atoms with Gasteiger partial charge in [-0.1, -0.05) is 0 Å². The largest absolute Gasteiger partial charge is 0.455 e. The van der Waals surface area contributed by atoms with Gasteiger partial charge in [-0.2, -0.15) is 10.4 Å². The molecule has 2 aromatic rings. The molecule has 94 valence electrons. The van der Waals surface area contributed by atoms with E-state index in [4.69, 9.17) is 15.4 Å². The van der Waals surface area contributed by atoms with Crippen LogP contribution in [0.25, 0.3) is 11.3 Å². The molecular weight excluding hydrogens is 260 g/mol. The number of rotatable bonds is 3. The van der Waals surface area contributed by atoms with E-state index in [1.54, 1.807) is 18.2 Å². The summed E-state index contributed by atoms with van der Waals surface area (Å²) >= 11 is 4.61. The topological polar surface area (TPSA) is 87.3 Å². The molecule has 0 saturated heterocycles. The van der Waals surface area contributed by atoms with Crippen LogP contribution in [0, 0.1) is 11.3 Å². The third-order valence-electron chi connectivity index (χ3n) is 2.29. The van der Waals surface area contributed by atoms with Crippen LogP contribution in [0.2, 0.25) is 0 Å². The summed E-state index contributed by atoms with van der Waals surface area (Å²) in [4.78, 5) is 0. The fraction of sp³-hybridized carbons (Fsp3) is 0. The molecule has 0 aliphatic carbocycles. The Morgan fingerprint density at radius 2 is 2.05 bits per heavy atom. The molecule has 0 bridgehead atoms. The van der Waals surface area contributed by atoms with Crippen molar-refractivity contribution < 1.29 is 4.42 Å². The standard InChI is InChI=1S/C13H10N4OS/c14-7-9-1-3-10(4-2-9)12-6-5-11(18-12)8-16-17-13(15)19/h1-6,8H,(H3,15,17,19)/b16-8+. The number of thiocarbonyl (C=S) groups is 1. The molecular formula is C13H10N4OS. The van der Waals surface area contributed by atoms with Crippen LogP contribution >= 0.6 is 12.2 Å². The van der Waals surface area contributed by atoms with E-state index in [1.807, 2.05) is 18.2 Å². The van der Waals surface area contributed by atoms with E-state index < -0.39 is 0 Å². The fourth-order valence-electron chi connectivity index (χ4n) is 1.45. The molecule has 1 aromatic carbocycles. The van der Waals surface area contributed by atoms with Crippen LogP contribution in [0.1, 0.15) is 11.3 Å². The summed E-state index contributed by atoms with van der Waals surface area (Å²) in [5.41, 5.74) is 9.17. The van der Waals surface area contributed by atoms with Gasteiger partial charge in [-0.15, -0.1) is 0 Å². The van der Waals surface area contributed by atoms with E-state index in [9.17, 15) is 0 Å². The Morgan fingerprint density at radius 3 is 2.68 bits per heavy atom. The van der Waals surface area contributed by atoms with Crippen molar-refractivity contribution >= 4 is 23.5 Å². The van der Waals surface area contributed by atoms with Gasteiger partial charge in [0.15, 0.2) is 5.11 Å². The maximum atomic E-state index is 8.73. The van der Waals surface area contributed by atoms with Gasteiger partial charge in [0.25, 0.3) is 0 Å². The second-order valence-electron chi connectivity index (χ2n) is 3.63. The molecule has 0 aliphatic rings. The number of nitrogens with one attached hydrogen (secondary N) is 1. The zero-order chi connectivity index (χ0) is 13.7. The molecule has 0 atom stereocenters. The molecule has 0 radical (unpaired) electrons. The third kappa shape index (κ3) is 3.40. The van der Waals surface area contributed by atoms with Crippen molar-refractivity contribution in [1.29, 1.82) is 5.26 Å². The van der Waals surface area contributed by atoms with Crippen molar-refractivity contribution in [2.45, 2.75) is 0 Å². The summed E-state index contributed by atoms with van der Waals surface area (Å²) in [6.45, 7) is 0. The summed E-state index contributed by atoms with van der Waals surface area (Å²) in [5, 5.41) is 12.6. The maximum Gasteiger partial charge on any atom is 0.184 e. The number of nitrogens with two attached hydrogens (primary N) is 1. The summed E-state index contributed by atoms with van der Waals surface area (Å²) in [5.74, 6) is 1.27. The minimum Gasteiger partial charge on any atom is -0.455 e. The van der Waals surface area contributed by atoms with Gasteiger partial charge < -0.3 is 10.2 Å². The van der Waals surface area contributed by atoms with Crippen LogP contribution in [-0.4, -0.2) is 11.3 Å². The first-order valence-electron chi connectivity index (χ1n) is 5.38. The van der Waals surface area contributed by atoms with E-state index in [2.05, 4.69) is 28.8 Å². The zero-order valence-corrected chi connectivity index (χ0v) is 10.6. The van der Waals surface area contributed by atoms with Gasteiger partial charge in [0, 0.05) is 5.56 Å². The van der Waals surface area contributed by atoms with Crippen molar-refractivity contribution in [2.75, 3.05) is 0 Å². The number of hydrogen-bond acceptors (Lipinski definition) is 4. The number of hydrazone groups is 1. The second-order valence-corrected chi connectivity index (χ2v) is 4.07. The van der Waals surface area contributed by atoms with Gasteiger partial charge in [0.1, 0.15) is 11.5 Å². The molecule has 0 spiro atoms. The Labute approximate surface area is 115 Å². The highest BCUT2D eigenvalue weighted by Gasteiger charge is 2.03. The average Bonchev–Trinajstić information content (AvgIpc) is 2.87. The first-order chi connectivity index (χ1) is 9.19. The van der Waals surface area contributed by atoms with E-state index in [1.165, 1.54) is 6.21 Å². The second kappa shape index (κ2) is 5.80. The lowest BCUT2D eigenvalue weighted by Gasteiger charge is -1.96. The third-order valence-corrected chi connectivity index (χ3v) is 2.38. The predicted octanol–water partition coefficient (Wildman–Crippen LogP) is 1.99. The fourth-order valence-corrected chi connectivity index (χ4v) is 1.50. The maximum absolute atomic E-state index is 8.73. The molecule has 19 heavy (non-hydrogen) atoms. The number of benzene rings is 1.